The number of imidazole rings is 1. The monoisotopic (exact) mass is 871 g/mol. The molecule has 7 aromatic rings. The fraction of sp³-hybridized carbons (Fsp3) is 0.270. The number of pyridine rings is 1. The van der Waals surface area contributed by atoms with Gasteiger partial charge in [0.15, 0.2) is 11.5 Å². The molecule has 0 radical (unpaired) electrons. The van der Waals surface area contributed by atoms with E-state index in [0.717, 1.165) is 23.0 Å². The lowest BCUT2D eigenvalue weighted by atomic mass is 10.0. The molecule has 1 amide bonds. The molecule has 310 valence electrons. The van der Waals surface area contributed by atoms with E-state index >= 15 is 8.78 Å². The minimum Gasteiger partial charge on any atom is -0.344 e. The van der Waals surface area contributed by atoms with Crippen LogP contribution in [-0.4, -0.2) is 64.2 Å². The van der Waals surface area contributed by atoms with Gasteiger partial charge in [-0.2, -0.15) is 19.0 Å². The van der Waals surface area contributed by atoms with Gasteiger partial charge in [0, 0.05) is 43.4 Å². The van der Waals surface area contributed by atoms with Gasteiger partial charge in [-0.05, 0) is 54.3 Å². The summed E-state index contributed by atoms with van der Waals surface area (Å²) in [6, 6.07) is 6.69. The molecule has 2 aliphatic rings. The van der Waals surface area contributed by atoms with Crippen molar-refractivity contribution in [2.45, 2.75) is 43.7 Å². The molecule has 1 fully saturated rings. The number of hydrogen-bond donors (Lipinski definition) is 2. The van der Waals surface area contributed by atoms with Crippen molar-refractivity contribution in [3.05, 3.63) is 117 Å². The third-order valence-corrected chi connectivity index (χ3v) is 11.3. The van der Waals surface area contributed by atoms with Gasteiger partial charge in [-0.15, -0.1) is 0 Å². The number of aryl methyl sites for hydroxylation is 1. The Morgan fingerprint density at radius 2 is 1.82 bits per heavy atom. The molecular formula is C37H28ClF6N11O4S. The summed E-state index contributed by atoms with van der Waals surface area (Å²) in [5.41, 5.74) is -2.87. The molecule has 0 spiro atoms. The number of carbonyl (C=O) groups is 1. The van der Waals surface area contributed by atoms with Gasteiger partial charge in [0.2, 0.25) is 15.9 Å². The molecule has 0 unspecified atom stereocenters. The summed E-state index contributed by atoms with van der Waals surface area (Å²) in [5, 5.41) is 10.7. The SMILES string of the molecule is Cn1nc(NS(C)(=O)=O)c2c(Cl)ccc(-n3c([C@H](Cc4cc(F)cc(F)c4)NC(=O)Cn4nc(C(F)F)c5c4C(F)(F)[C@@H]4C[C@H]54)nc4nc(-n5ccnc5)ccc4c3=O)c21. The molecule has 2 aromatic carbocycles. The van der Waals surface area contributed by atoms with E-state index in [1.54, 1.807) is 6.20 Å². The maximum absolute atomic E-state index is 15.5. The quantitative estimate of drug-likeness (QED) is 0.157. The maximum atomic E-state index is 15.5. The summed E-state index contributed by atoms with van der Waals surface area (Å²) in [4.78, 5) is 42.2. The maximum Gasteiger partial charge on any atom is 0.293 e. The molecule has 1 saturated carbocycles. The molecule has 5 heterocycles. The average Bonchev–Trinajstić information content (AvgIpc) is 3.40. The molecule has 2 N–H and O–H groups in total. The fourth-order valence-corrected chi connectivity index (χ4v) is 8.73. The lowest BCUT2D eigenvalue weighted by Gasteiger charge is -2.24. The van der Waals surface area contributed by atoms with E-state index < -0.39 is 87.7 Å². The van der Waals surface area contributed by atoms with Gasteiger partial charge < -0.3 is 5.32 Å². The Kier molecular flexibility index (Phi) is 9.08. The Bertz CT molecular complexity index is 3080. The number of nitrogens with one attached hydrogen (secondary N) is 2. The van der Waals surface area contributed by atoms with Crippen molar-refractivity contribution < 1.29 is 39.6 Å². The summed E-state index contributed by atoms with van der Waals surface area (Å²) in [7, 11) is -2.47. The highest BCUT2D eigenvalue weighted by Gasteiger charge is 2.67. The number of aromatic nitrogens is 9. The van der Waals surface area contributed by atoms with E-state index in [1.165, 1.54) is 53.1 Å². The summed E-state index contributed by atoms with van der Waals surface area (Å²) in [6.45, 7) is -0.994. The lowest BCUT2D eigenvalue weighted by Crippen LogP contribution is -2.38. The molecule has 0 bridgehead atoms. The first-order valence-electron chi connectivity index (χ1n) is 18.0. The number of carbonyl (C=O) groups excluding carboxylic acids is 1. The van der Waals surface area contributed by atoms with Crippen LogP contribution in [0.15, 0.2) is 66.0 Å². The molecule has 60 heavy (non-hydrogen) atoms. The lowest BCUT2D eigenvalue weighted by molar-refractivity contribution is -0.123. The number of halogens is 7. The highest BCUT2D eigenvalue weighted by molar-refractivity contribution is 7.92. The second-order valence-corrected chi connectivity index (χ2v) is 16.7. The van der Waals surface area contributed by atoms with Crippen molar-refractivity contribution in [2.75, 3.05) is 11.0 Å². The largest absolute Gasteiger partial charge is 0.344 e. The third kappa shape index (κ3) is 6.62. The van der Waals surface area contributed by atoms with E-state index in [1.807, 2.05) is 0 Å². The summed E-state index contributed by atoms with van der Waals surface area (Å²) in [6.07, 6.45) is 1.69. The highest BCUT2D eigenvalue weighted by Crippen LogP contribution is 2.68. The van der Waals surface area contributed by atoms with Gasteiger partial charge in [0.1, 0.15) is 47.5 Å². The number of rotatable bonds is 11. The summed E-state index contributed by atoms with van der Waals surface area (Å²) < 4.78 is 120. The number of alkyl halides is 4. The molecule has 9 rings (SSSR count). The molecule has 2 aliphatic carbocycles. The van der Waals surface area contributed by atoms with Crippen molar-refractivity contribution in [1.82, 2.24) is 49.0 Å². The molecule has 5 aromatic heterocycles. The van der Waals surface area contributed by atoms with Gasteiger partial charge in [-0.25, -0.2) is 40.9 Å². The topological polar surface area (TPSA) is 177 Å². The minimum atomic E-state index is -3.91. The Labute approximate surface area is 338 Å². The van der Waals surface area contributed by atoms with Gasteiger partial charge in [0.25, 0.3) is 17.9 Å². The van der Waals surface area contributed by atoms with Crippen LogP contribution in [0.3, 0.4) is 0 Å². The Hall–Kier alpha value is -6.29. The smallest absolute Gasteiger partial charge is 0.293 e. The fourth-order valence-electron chi connectivity index (χ4n) is 7.99. The van der Waals surface area contributed by atoms with E-state index in [4.69, 9.17) is 16.6 Å². The first-order chi connectivity index (χ1) is 28.4. The van der Waals surface area contributed by atoms with Gasteiger partial charge >= 0.3 is 0 Å². The number of sulfonamides is 1. The number of benzene rings is 2. The van der Waals surface area contributed by atoms with Crippen LogP contribution >= 0.6 is 11.6 Å². The van der Waals surface area contributed by atoms with Crippen LogP contribution in [0.2, 0.25) is 5.02 Å². The van der Waals surface area contributed by atoms with Gasteiger partial charge in [0.05, 0.1) is 39.3 Å². The van der Waals surface area contributed by atoms with E-state index in [-0.39, 0.29) is 67.7 Å². The van der Waals surface area contributed by atoms with Gasteiger partial charge in [-0.3, -0.25) is 32.8 Å². The molecule has 0 aliphatic heterocycles. The molecule has 3 atom stereocenters. The summed E-state index contributed by atoms with van der Waals surface area (Å²) in [5.74, 6) is -8.87. The first-order valence-corrected chi connectivity index (χ1v) is 20.2. The van der Waals surface area contributed by atoms with E-state index in [2.05, 4.69) is 30.2 Å². The second-order valence-electron chi connectivity index (χ2n) is 14.5. The number of amides is 1. The number of anilines is 1. The number of nitrogens with zero attached hydrogens (tertiary/aromatic N) is 9. The zero-order chi connectivity index (χ0) is 42.6. The van der Waals surface area contributed by atoms with Gasteiger partial charge in [-0.1, -0.05) is 11.6 Å². The average molecular weight is 872 g/mol. The summed E-state index contributed by atoms with van der Waals surface area (Å²) >= 11 is 6.60. The minimum absolute atomic E-state index is 0.00551. The normalized spacial score (nSPS) is 17.3. The Morgan fingerprint density at radius 3 is 2.50 bits per heavy atom. The molecule has 0 saturated heterocycles. The van der Waals surface area contributed by atoms with E-state index in [0.29, 0.717) is 10.7 Å². The number of fused-ring (bicyclic) bond motifs is 5. The highest BCUT2D eigenvalue weighted by atomic mass is 35.5. The first kappa shape index (κ1) is 39.2. The van der Waals surface area contributed by atoms with Crippen LogP contribution in [0.1, 0.15) is 53.1 Å². The van der Waals surface area contributed by atoms with Crippen LogP contribution in [0.5, 0.6) is 0 Å². The van der Waals surface area contributed by atoms with Crippen molar-refractivity contribution >= 4 is 55.3 Å². The zero-order valence-corrected chi connectivity index (χ0v) is 32.5. The second kappa shape index (κ2) is 13.9. The number of hydrogen-bond acceptors (Lipinski definition) is 9. The van der Waals surface area contributed by atoms with Crippen molar-refractivity contribution in [2.24, 2.45) is 13.0 Å². The van der Waals surface area contributed by atoms with Crippen molar-refractivity contribution in [3.8, 4) is 11.5 Å². The molecule has 23 heteroatoms. The Balaban J connectivity index is 1.25. The zero-order valence-electron chi connectivity index (χ0n) is 30.9. The van der Waals surface area contributed by atoms with Crippen LogP contribution < -0.4 is 15.6 Å². The Morgan fingerprint density at radius 1 is 1.07 bits per heavy atom. The van der Waals surface area contributed by atoms with Crippen LogP contribution in [0.25, 0.3) is 33.4 Å². The molecular weight excluding hydrogens is 844 g/mol. The van der Waals surface area contributed by atoms with E-state index in [9.17, 15) is 35.6 Å². The standard InChI is InChI=1S/C37H28ClF6N11O4S/c1-52-30-24(5-4-22(38)28(30)34(50-52)51-60(2,58)59)55-35(48-33-19(36(55)57)3-6-25(47-33)53-8-7-45-15-53)23(11-16-9-17(39)12-18(40)10-16)46-26(56)14-54-31-27(29(49-54)32(41)42)20-13-21(20)37(31,43)44/h3-10,12,15,20-21,23,32H,11,13-14H2,1-2H3,(H,46,56)(H,50,51)/t20-,21+,23-/m0/s1. The van der Waals surface area contributed by atoms with Crippen molar-refractivity contribution in [3.63, 3.8) is 0 Å². The predicted octanol–water partition coefficient (Wildman–Crippen LogP) is 5.60. The van der Waals surface area contributed by atoms with Crippen LogP contribution in [-0.2, 0) is 40.8 Å². The van der Waals surface area contributed by atoms with Crippen LogP contribution in [0, 0.1) is 17.6 Å². The third-order valence-electron chi connectivity index (χ3n) is 10.4. The molecule has 15 nitrogen and oxygen atoms in total. The predicted molar refractivity (Wildman–Crippen MR) is 203 cm³/mol. The van der Waals surface area contributed by atoms with Crippen LogP contribution in [0.4, 0.5) is 32.2 Å². The van der Waals surface area contributed by atoms with Crippen molar-refractivity contribution in [1.29, 1.82) is 0 Å².